The van der Waals surface area contributed by atoms with Crippen molar-refractivity contribution in [1.29, 1.82) is 0 Å². The monoisotopic (exact) mass is 253 g/mol. The first-order chi connectivity index (χ1) is 9.33. The molecule has 1 aliphatic rings. The highest BCUT2D eigenvalue weighted by Crippen LogP contribution is 2.23. The van der Waals surface area contributed by atoms with E-state index in [2.05, 4.69) is 11.1 Å². The topological polar surface area (TPSA) is 22.0 Å². The van der Waals surface area contributed by atoms with Crippen LogP contribution in [0.1, 0.15) is 30.5 Å². The van der Waals surface area contributed by atoms with E-state index in [1.165, 1.54) is 18.5 Å². The second-order valence-electron chi connectivity index (χ2n) is 5.23. The van der Waals surface area contributed by atoms with Crippen LogP contribution < -0.4 is 5.43 Å². The van der Waals surface area contributed by atoms with E-state index >= 15 is 0 Å². The van der Waals surface area contributed by atoms with Crippen LogP contribution in [-0.4, -0.2) is 4.57 Å². The second kappa shape index (κ2) is 5.04. The molecule has 1 aromatic heterocycles. The number of allylic oxidation sites excluding steroid dienone is 1. The Morgan fingerprint density at radius 2 is 1.95 bits per heavy atom. The van der Waals surface area contributed by atoms with Gasteiger partial charge in [-0.3, -0.25) is 4.79 Å². The smallest absolute Gasteiger partial charge is 0.192 e. The Kier molecular flexibility index (Phi) is 3.24. The van der Waals surface area contributed by atoms with Gasteiger partial charge < -0.3 is 4.57 Å². The Morgan fingerprint density at radius 1 is 1.16 bits per heavy atom. The molecule has 0 atom stereocenters. The molecule has 0 unspecified atom stereocenters. The van der Waals surface area contributed by atoms with Crippen LogP contribution in [0.5, 0.6) is 0 Å². The number of benzene rings is 1. The molecule has 3 rings (SSSR count). The highest BCUT2D eigenvalue weighted by molar-refractivity contribution is 5.80. The summed E-state index contributed by atoms with van der Waals surface area (Å²) in [7, 11) is 0. The minimum Gasteiger partial charge on any atom is -0.340 e. The minimum atomic E-state index is 0.243. The number of fused-ring (bicyclic) bond motifs is 2. The molecule has 1 aliphatic carbocycles. The molecule has 1 heterocycles. The quantitative estimate of drug-likeness (QED) is 0.593. The molecule has 2 heteroatoms. The lowest BCUT2D eigenvalue weighted by Crippen LogP contribution is -2.19. The molecule has 0 amide bonds. The summed E-state index contributed by atoms with van der Waals surface area (Å²) in [6.07, 6.45) is 7.40. The van der Waals surface area contributed by atoms with E-state index in [1.807, 2.05) is 30.3 Å². The molecule has 0 fully saturated rings. The lowest BCUT2D eigenvalue weighted by Gasteiger charge is -2.18. The van der Waals surface area contributed by atoms with E-state index in [0.717, 1.165) is 42.3 Å². The molecule has 98 valence electrons. The summed E-state index contributed by atoms with van der Waals surface area (Å²) in [5.41, 5.74) is 3.57. The van der Waals surface area contributed by atoms with Crippen molar-refractivity contribution >= 4 is 10.9 Å². The maximum absolute atomic E-state index is 12.6. The average molecular weight is 253 g/mol. The third-order valence-electron chi connectivity index (χ3n) is 4.04. The third-order valence-corrected chi connectivity index (χ3v) is 4.04. The predicted molar refractivity (Wildman–Crippen MR) is 79.7 cm³/mol. The van der Waals surface area contributed by atoms with Crippen molar-refractivity contribution in [2.45, 2.75) is 38.6 Å². The summed E-state index contributed by atoms with van der Waals surface area (Å²) in [5, 5.41) is 0.852. The number of aromatic nitrogens is 1. The molecule has 0 saturated carbocycles. The van der Waals surface area contributed by atoms with Crippen molar-refractivity contribution < 1.29 is 0 Å². The average Bonchev–Trinajstić information content (AvgIpc) is 2.69. The molecule has 2 nitrogen and oxygen atoms in total. The molecule has 2 aromatic rings. The van der Waals surface area contributed by atoms with Gasteiger partial charge in [0.2, 0.25) is 0 Å². The van der Waals surface area contributed by atoms with Crippen molar-refractivity contribution in [2.75, 3.05) is 0 Å². The Bertz CT molecular complexity index is 681. The molecule has 0 bridgehead atoms. The van der Waals surface area contributed by atoms with Gasteiger partial charge in [0.25, 0.3) is 0 Å². The van der Waals surface area contributed by atoms with Gasteiger partial charge in [-0.2, -0.15) is 0 Å². The fraction of sp³-hybridized carbons (Fsp3) is 0.353. The number of rotatable bonds is 2. The van der Waals surface area contributed by atoms with Crippen LogP contribution in [0, 0.1) is 0 Å². The fourth-order valence-corrected chi connectivity index (χ4v) is 3.16. The largest absolute Gasteiger partial charge is 0.340 e. The highest BCUT2D eigenvalue weighted by Gasteiger charge is 2.17. The SMILES string of the molecule is C=CCn1c2c(c(=O)c3ccccc31)CCCCC2. The Hall–Kier alpha value is -1.83. The summed E-state index contributed by atoms with van der Waals surface area (Å²) < 4.78 is 2.28. The van der Waals surface area contributed by atoms with Gasteiger partial charge in [0.15, 0.2) is 5.43 Å². The molecule has 1 aromatic carbocycles. The normalized spacial score (nSPS) is 14.9. The van der Waals surface area contributed by atoms with E-state index in [1.54, 1.807) is 0 Å². The van der Waals surface area contributed by atoms with Gasteiger partial charge in [-0.05, 0) is 37.8 Å². The molecule has 0 N–H and O–H groups in total. The van der Waals surface area contributed by atoms with Crippen molar-refractivity contribution in [2.24, 2.45) is 0 Å². The standard InChI is InChI=1S/C17H19NO/c1-2-12-18-15-10-5-3-4-8-13(15)17(19)14-9-6-7-11-16(14)18/h2,6-7,9,11H,1,3-5,8,10,12H2. The van der Waals surface area contributed by atoms with Crippen LogP contribution >= 0.6 is 0 Å². The van der Waals surface area contributed by atoms with E-state index in [4.69, 9.17) is 0 Å². The van der Waals surface area contributed by atoms with Crippen molar-refractivity contribution in [3.8, 4) is 0 Å². The summed E-state index contributed by atoms with van der Waals surface area (Å²) in [6, 6.07) is 7.95. The maximum atomic E-state index is 12.6. The first kappa shape index (κ1) is 12.2. The first-order valence-corrected chi connectivity index (χ1v) is 7.07. The first-order valence-electron chi connectivity index (χ1n) is 7.07. The van der Waals surface area contributed by atoms with Crippen molar-refractivity contribution in [3.63, 3.8) is 0 Å². The molecule has 0 saturated heterocycles. The zero-order valence-electron chi connectivity index (χ0n) is 11.2. The summed E-state index contributed by atoms with van der Waals surface area (Å²) in [4.78, 5) is 12.6. The third kappa shape index (κ3) is 2.01. The lowest BCUT2D eigenvalue weighted by molar-refractivity contribution is 0.692. The Balaban J connectivity index is 2.40. The van der Waals surface area contributed by atoms with E-state index in [0.29, 0.717) is 0 Å². The zero-order valence-corrected chi connectivity index (χ0v) is 11.2. The minimum absolute atomic E-state index is 0.243. The van der Waals surface area contributed by atoms with Gasteiger partial charge in [-0.25, -0.2) is 0 Å². The molecular formula is C17H19NO. The molecule has 0 radical (unpaired) electrons. The van der Waals surface area contributed by atoms with Crippen LogP contribution in [0.4, 0.5) is 0 Å². The predicted octanol–water partition coefficient (Wildman–Crippen LogP) is 3.46. The van der Waals surface area contributed by atoms with Crippen LogP contribution in [0.3, 0.4) is 0 Å². The van der Waals surface area contributed by atoms with Crippen LogP contribution in [0.15, 0.2) is 41.7 Å². The van der Waals surface area contributed by atoms with Crippen molar-refractivity contribution in [1.82, 2.24) is 4.57 Å². The van der Waals surface area contributed by atoms with E-state index < -0.39 is 0 Å². The zero-order chi connectivity index (χ0) is 13.2. The Labute approximate surface area is 113 Å². The number of hydrogen-bond acceptors (Lipinski definition) is 1. The van der Waals surface area contributed by atoms with Crippen LogP contribution in [0.2, 0.25) is 0 Å². The van der Waals surface area contributed by atoms with Gasteiger partial charge in [0.1, 0.15) is 0 Å². The number of pyridine rings is 1. The second-order valence-corrected chi connectivity index (χ2v) is 5.23. The van der Waals surface area contributed by atoms with Gasteiger partial charge in [-0.1, -0.05) is 24.6 Å². The Morgan fingerprint density at radius 3 is 2.79 bits per heavy atom. The number of nitrogens with zero attached hydrogens (tertiary/aromatic N) is 1. The summed E-state index contributed by atoms with van der Waals surface area (Å²) in [5.74, 6) is 0. The van der Waals surface area contributed by atoms with Crippen LogP contribution in [0.25, 0.3) is 10.9 Å². The van der Waals surface area contributed by atoms with E-state index in [9.17, 15) is 4.79 Å². The summed E-state index contributed by atoms with van der Waals surface area (Å²) in [6.45, 7) is 4.64. The van der Waals surface area contributed by atoms with Gasteiger partial charge in [0, 0.05) is 23.2 Å². The molecule has 0 spiro atoms. The molecule has 19 heavy (non-hydrogen) atoms. The number of hydrogen-bond donors (Lipinski definition) is 0. The van der Waals surface area contributed by atoms with Gasteiger partial charge in [0.05, 0.1) is 5.52 Å². The molecular weight excluding hydrogens is 234 g/mol. The van der Waals surface area contributed by atoms with Gasteiger partial charge in [-0.15, -0.1) is 6.58 Å². The summed E-state index contributed by atoms with van der Waals surface area (Å²) >= 11 is 0. The van der Waals surface area contributed by atoms with Crippen LogP contribution in [-0.2, 0) is 19.4 Å². The van der Waals surface area contributed by atoms with E-state index in [-0.39, 0.29) is 5.43 Å². The number of para-hydroxylation sites is 1. The molecule has 0 aliphatic heterocycles. The maximum Gasteiger partial charge on any atom is 0.192 e. The fourth-order valence-electron chi connectivity index (χ4n) is 3.16. The van der Waals surface area contributed by atoms with Crippen molar-refractivity contribution in [3.05, 3.63) is 58.4 Å². The lowest BCUT2D eigenvalue weighted by atomic mass is 10.0. The highest BCUT2D eigenvalue weighted by atomic mass is 16.1. The van der Waals surface area contributed by atoms with Gasteiger partial charge >= 0.3 is 0 Å².